The summed E-state index contributed by atoms with van der Waals surface area (Å²) in [6, 6.07) is 4.82. The van der Waals surface area contributed by atoms with E-state index in [0.717, 1.165) is 5.92 Å². The Morgan fingerprint density at radius 1 is 1.13 bits per heavy atom. The summed E-state index contributed by atoms with van der Waals surface area (Å²) in [5, 5.41) is 0. The molecule has 2 heteroatoms. The first-order valence-corrected chi connectivity index (χ1v) is 9.79. The van der Waals surface area contributed by atoms with Gasteiger partial charge in [0.15, 0.2) is 0 Å². The molecule has 23 heavy (non-hydrogen) atoms. The molecule has 0 aliphatic carbocycles. The van der Waals surface area contributed by atoms with Crippen LogP contribution < -0.4 is 0 Å². The standard InChI is InChI=1S/C21H35BN/c1-5-7-8-13-23-15-18(16-23)14-20-10-9-19(11-12-22-4)17(3)21(20)6-2/h9-10,18H,5-8,11-16H2,1-4H3. The van der Waals surface area contributed by atoms with Crippen LogP contribution in [0.2, 0.25) is 13.1 Å². The van der Waals surface area contributed by atoms with E-state index in [4.69, 9.17) is 0 Å². The van der Waals surface area contributed by atoms with Gasteiger partial charge in [0.2, 0.25) is 0 Å². The third-order valence-electron chi connectivity index (χ3n) is 5.48. The van der Waals surface area contributed by atoms with Crippen molar-refractivity contribution in [3.05, 3.63) is 34.4 Å². The van der Waals surface area contributed by atoms with Crippen molar-refractivity contribution in [3.63, 3.8) is 0 Å². The topological polar surface area (TPSA) is 3.24 Å². The molecule has 0 spiro atoms. The van der Waals surface area contributed by atoms with Gasteiger partial charge in [0.25, 0.3) is 0 Å². The summed E-state index contributed by atoms with van der Waals surface area (Å²) < 4.78 is 0. The third-order valence-corrected chi connectivity index (χ3v) is 5.48. The molecule has 0 saturated carbocycles. The number of aryl methyl sites for hydroxylation is 1. The number of likely N-dealkylation sites (tertiary alicyclic amines) is 1. The molecular weight excluding hydrogens is 277 g/mol. The van der Waals surface area contributed by atoms with Crippen molar-refractivity contribution in [3.8, 4) is 0 Å². The van der Waals surface area contributed by atoms with Gasteiger partial charge in [-0.2, -0.15) is 0 Å². The summed E-state index contributed by atoms with van der Waals surface area (Å²) in [5.74, 6) is 0.885. The number of rotatable bonds is 10. The lowest BCUT2D eigenvalue weighted by molar-refractivity contribution is 0.0985. The minimum Gasteiger partial charge on any atom is -0.303 e. The highest BCUT2D eigenvalue weighted by Crippen LogP contribution is 2.27. The lowest BCUT2D eigenvalue weighted by Gasteiger charge is -2.40. The van der Waals surface area contributed by atoms with Gasteiger partial charge in [-0.05, 0) is 67.3 Å². The van der Waals surface area contributed by atoms with Gasteiger partial charge in [0, 0.05) is 13.1 Å². The summed E-state index contributed by atoms with van der Waals surface area (Å²) >= 11 is 0. The van der Waals surface area contributed by atoms with E-state index < -0.39 is 0 Å². The molecule has 2 rings (SSSR count). The Morgan fingerprint density at radius 3 is 2.52 bits per heavy atom. The lowest BCUT2D eigenvalue weighted by atomic mass is 9.75. The summed E-state index contributed by atoms with van der Waals surface area (Å²) in [6.45, 7) is 13.1. The molecular formula is C21H35BN. The minimum atomic E-state index is 0.885. The van der Waals surface area contributed by atoms with Crippen LogP contribution in [0.5, 0.6) is 0 Å². The zero-order valence-corrected chi connectivity index (χ0v) is 15.8. The van der Waals surface area contributed by atoms with Crippen molar-refractivity contribution in [1.82, 2.24) is 4.90 Å². The van der Waals surface area contributed by atoms with Crippen LogP contribution in [0.4, 0.5) is 0 Å². The molecule has 0 N–H and O–H groups in total. The Labute approximate surface area is 145 Å². The summed E-state index contributed by atoms with van der Waals surface area (Å²) in [6.07, 6.45) is 8.95. The van der Waals surface area contributed by atoms with E-state index in [-0.39, 0.29) is 0 Å². The Hall–Kier alpha value is -0.755. The van der Waals surface area contributed by atoms with Crippen molar-refractivity contribution >= 4 is 7.28 Å². The van der Waals surface area contributed by atoms with Crippen molar-refractivity contribution in [2.24, 2.45) is 5.92 Å². The predicted octanol–water partition coefficient (Wildman–Crippen LogP) is 4.94. The Morgan fingerprint density at radius 2 is 1.87 bits per heavy atom. The molecule has 1 nitrogen and oxygen atoms in total. The zero-order chi connectivity index (χ0) is 16.7. The molecule has 127 valence electrons. The Kier molecular flexibility index (Phi) is 7.69. The van der Waals surface area contributed by atoms with E-state index in [9.17, 15) is 0 Å². The van der Waals surface area contributed by atoms with Gasteiger partial charge in [0.05, 0.1) is 0 Å². The highest BCUT2D eigenvalue weighted by molar-refractivity contribution is 6.33. The number of hydrogen-bond donors (Lipinski definition) is 0. The van der Waals surface area contributed by atoms with E-state index in [2.05, 4.69) is 51.9 Å². The molecule has 1 radical (unpaired) electrons. The van der Waals surface area contributed by atoms with Gasteiger partial charge >= 0.3 is 0 Å². The maximum absolute atomic E-state index is 2.64. The predicted molar refractivity (Wildman–Crippen MR) is 104 cm³/mol. The monoisotopic (exact) mass is 312 g/mol. The normalized spacial score (nSPS) is 15.7. The van der Waals surface area contributed by atoms with Crippen molar-refractivity contribution < 1.29 is 0 Å². The molecule has 0 bridgehead atoms. The van der Waals surface area contributed by atoms with E-state index >= 15 is 0 Å². The molecule has 0 aromatic heterocycles. The van der Waals surface area contributed by atoms with E-state index in [1.807, 2.05) is 0 Å². The lowest BCUT2D eigenvalue weighted by Crippen LogP contribution is -2.47. The van der Waals surface area contributed by atoms with Crippen LogP contribution in [0.3, 0.4) is 0 Å². The second-order valence-electron chi connectivity index (χ2n) is 7.32. The van der Waals surface area contributed by atoms with Crippen LogP contribution in [-0.4, -0.2) is 31.8 Å². The zero-order valence-electron chi connectivity index (χ0n) is 15.8. The number of benzene rings is 1. The average Bonchev–Trinajstić information content (AvgIpc) is 2.51. The first-order chi connectivity index (χ1) is 11.2. The van der Waals surface area contributed by atoms with Gasteiger partial charge in [-0.15, -0.1) is 0 Å². The highest BCUT2D eigenvalue weighted by Gasteiger charge is 2.26. The van der Waals surface area contributed by atoms with Gasteiger partial charge in [-0.3, -0.25) is 0 Å². The molecule has 1 aromatic rings. The Balaban J connectivity index is 1.89. The molecule has 0 atom stereocenters. The first kappa shape index (κ1) is 18.6. The van der Waals surface area contributed by atoms with Crippen molar-refractivity contribution in [2.45, 2.75) is 72.4 Å². The molecule has 1 fully saturated rings. The maximum atomic E-state index is 2.64. The molecule has 1 aliphatic heterocycles. The van der Waals surface area contributed by atoms with Crippen LogP contribution in [0.25, 0.3) is 0 Å². The van der Waals surface area contributed by atoms with E-state index in [1.165, 1.54) is 64.5 Å². The third kappa shape index (κ3) is 5.11. The number of unbranched alkanes of at least 4 members (excludes halogenated alkanes) is 2. The van der Waals surface area contributed by atoms with Crippen LogP contribution in [0, 0.1) is 12.8 Å². The van der Waals surface area contributed by atoms with Crippen LogP contribution in [-0.2, 0) is 19.3 Å². The molecule has 1 saturated heterocycles. The van der Waals surface area contributed by atoms with Gasteiger partial charge < -0.3 is 4.90 Å². The van der Waals surface area contributed by atoms with Crippen LogP contribution in [0.15, 0.2) is 12.1 Å². The first-order valence-electron chi connectivity index (χ1n) is 9.79. The van der Waals surface area contributed by atoms with Crippen molar-refractivity contribution in [2.75, 3.05) is 19.6 Å². The fourth-order valence-electron chi connectivity index (χ4n) is 4.00. The maximum Gasteiger partial charge on any atom is 0.106 e. The number of hydrogen-bond acceptors (Lipinski definition) is 1. The van der Waals surface area contributed by atoms with Crippen molar-refractivity contribution in [1.29, 1.82) is 0 Å². The quantitative estimate of drug-likeness (QED) is 0.437. The van der Waals surface area contributed by atoms with E-state index in [1.54, 1.807) is 22.3 Å². The summed E-state index contributed by atoms with van der Waals surface area (Å²) in [7, 11) is 2.28. The largest absolute Gasteiger partial charge is 0.303 e. The summed E-state index contributed by atoms with van der Waals surface area (Å²) in [4.78, 5) is 2.64. The molecule has 1 aliphatic rings. The minimum absolute atomic E-state index is 0.885. The molecule has 0 unspecified atom stereocenters. The molecule has 0 amide bonds. The second kappa shape index (κ2) is 9.52. The van der Waals surface area contributed by atoms with Gasteiger partial charge in [0.1, 0.15) is 7.28 Å². The number of nitrogens with zero attached hydrogens (tertiary/aromatic N) is 1. The van der Waals surface area contributed by atoms with Gasteiger partial charge in [-0.25, -0.2) is 0 Å². The SMILES string of the molecule is C[B]CCc1ccc(CC2CN(CCCCC)C2)c(CC)c1C. The fraction of sp³-hybridized carbons (Fsp3) is 0.714. The average molecular weight is 312 g/mol. The highest BCUT2D eigenvalue weighted by atomic mass is 15.2. The van der Waals surface area contributed by atoms with E-state index in [0.29, 0.717) is 0 Å². The van der Waals surface area contributed by atoms with Crippen LogP contribution >= 0.6 is 0 Å². The van der Waals surface area contributed by atoms with Gasteiger partial charge in [-0.1, -0.05) is 52.0 Å². The second-order valence-corrected chi connectivity index (χ2v) is 7.32. The molecule has 1 heterocycles. The van der Waals surface area contributed by atoms with Crippen LogP contribution in [0.1, 0.15) is 55.4 Å². The smallest absolute Gasteiger partial charge is 0.106 e. The molecule has 1 aromatic carbocycles. The summed E-state index contributed by atoms with van der Waals surface area (Å²) in [5.41, 5.74) is 6.36. The Bertz CT molecular complexity index is 477. The fourth-order valence-corrected chi connectivity index (χ4v) is 4.00.